The summed E-state index contributed by atoms with van der Waals surface area (Å²) in [5.74, 6) is 0. The molecule has 0 amide bonds. The largest absolute Gasteiger partial charge is 0.301 e. The lowest BCUT2D eigenvalue weighted by molar-refractivity contribution is 0.883. The van der Waals surface area contributed by atoms with Gasteiger partial charge in [-0.2, -0.15) is 0 Å². The number of hydrogen-bond donors (Lipinski definition) is 1. The molecule has 0 radical (unpaired) electrons. The molecule has 0 aromatic heterocycles. The molecule has 2 atom stereocenters. The van der Waals surface area contributed by atoms with Gasteiger partial charge in [0.25, 0.3) is 0 Å². The average molecular weight is 261 g/mol. The molecule has 0 saturated carbocycles. The van der Waals surface area contributed by atoms with Gasteiger partial charge < -0.3 is 5.73 Å². The lowest BCUT2D eigenvalue weighted by Crippen LogP contribution is -2.33. The summed E-state index contributed by atoms with van der Waals surface area (Å²) in [4.78, 5) is 3.73. The van der Waals surface area contributed by atoms with Crippen molar-refractivity contribution in [1.29, 1.82) is 0 Å². The highest BCUT2D eigenvalue weighted by molar-refractivity contribution is 8.02. The molecule has 1 heterocycles. The van der Waals surface area contributed by atoms with E-state index in [1.807, 2.05) is 23.6 Å². The number of thioether (sulfide) groups is 1. The number of alkyl halides is 1. The number of rotatable bonds is 1. The van der Waals surface area contributed by atoms with E-state index in [0.717, 1.165) is 5.71 Å². The summed E-state index contributed by atoms with van der Waals surface area (Å²) in [6.45, 7) is 0. The van der Waals surface area contributed by atoms with Crippen molar-refractivity contribution < 1.29 is 0 Å². The van der Waals surface area contributed by atoms with E-state index in [0.29, 0.717) is 11.5 Å². The fourth-order valence-corrected chi connectivity index (χ4v) is 2.36. The minimum atomic E-state index is -0.590. The van der Waals surface area contributed by atoms with Crippen LogP contribution in [0.5, 0.6) is 0 Å². The number of aliphatic imine (C=N–C) groups is 1. The number of nitrogens with zero attached hydrogens (tertiary/aromatic N) is 1. The molecule has 2 unspecified atom stereocenters. The van der Waals surface area contributed by atoms with Crippen LogP contribution in [0.25, 0.3) is 0 Å². The summed E-state index contributed by atoms with van der Waals surface area (Å²) in [7, 11) is 0. The third-order valence-corrected chi connectivity index (χ3v) is 3.67. The van der Waals surface area contributed by atoms with Gasteiger partial charge in [-0.1, -0.05) is 35.5 Å². The van der Waals surface area contributed by atoms with E-state index in [2.05, 4.69) is 4.99 Å². The molecule has 1 aliphatic heterocycles. The van der Waals surface area contributed by atoms with Crippen LogP contribution in [0.15, 0.2) is 39.7 Å². The Morgan fingerprint density at radius 2 is 2.33 bits per heavy atom. The molecule has 0 aromatic carbocycles. The Morgan fingerprint density at radius 1 is 1.53 bits per heavy atom. The van der Waals surface area contributed by atoms with Gasteiger partial charge in [0.1, 0.15) is 10.4 Å². The van der Waals surface area contributed by atoms with Crippen LogP contribution in [0.3, 0.4) is 0 Å². The normalized spacial score (nSPS) is 35.0. The first kappa shape index (κ1) is 11.3. The van der Waals surface area contributed by atoms with Crippen LogP contribution in [-0.4, -0.2) is 16.1 Å². The van der Waals surface area contributed by atoms with Crippen LogP contribution in [0.1, 0.15) is 6.42 Å². The Bertz CT molecular complexity index is 387. The molecule has 0 bridgehead atoms. The first-order valence-corrected chi connectivity index (χ1v) is 6.20. The molecular formula is C10H10Cl2N2S. The van der Waals surface area contributed by atoms with Crippen molar-refractivity contribution in [2.24, 2.45) is 10.7 Å². The molecule has 5 heteroatoms. The van der Waals surface area contributed by atoms with Crippen molar-refractivity contribution in [2.75, 3.05) is 0 Å². The Kier molecular flexibility index (Phi) is 3.26. The number of nitrogens with two attached hydrogens (primary N) is 1. The minimum Gasteiger partial charge on any atom is -0.301 e. The lowest BCUT2D eigenvalue weighted by atomic mass is 9.94. The summed E-state index contributed by atoms with van der Waals surface area (Å²) in [6, 6.07) is 0. The molecule has 0 saturated heterocycles. The monoisotopic (exact) mass is 260 g/mol. The zero-order chi connectivity index (χ0) is 10.9. The Morgan fingerprint density at radius 3 is 2.93 bits per heavy atom. The van der Waals surface area contributed by atoms with E-state index < -0.39 is 4.87 Å². The molecule has 2 aliphatic rings. The molecule has 15 heavy (non-hydrogen) atoms. The van der Waals surface area contributed by atoms with Crippen LogP contribution in [0, 0.1) is 0 Å². The van der Waals surface area contributed by atoms with Crippen LogP contribution >= 0.6 is 35.0 Å². The zero-order valence-electron chi connectivity index (χ0n) is 7.86. The predicted molar refractivity (Wildman–Crippen MR) is 68.4 cm³/mol. The maximum atomic E-state index is 6.45. The lowest BCUT2D eigenvalue weighted by Gasteiger charge is -2.27. The number of hydrogen-bond acceptors (Lipinski definition) is 3. The Balaban J connectivity index is 2.24. The maximum absolute atomic E-state index is 6.45. The molecule has 0 spiro atoms. The van der Waals surface area contributed by atoms with E-state index in [1.165, 1.54) is 11.8 Å². The molecule has 2 N–H and O–H groups in total. The number of allylic oxidation sites excluding steroid dienone is 5. The second kappa shape index (κ2) is 4.34. The smallest absolute Gasteiger partial charge is 0.148 e. The highest BCUT2D eigenvalue weighted by Crippen LogP contribution is 2.33. The van der Waals surface area contributed by atoms with Crippen LogP contribution in [0.2, 0.25) is 0 Å². The summed E-state index contributed by atoms with van der Waals surface area (Å²) < 4.78 is 0. The van der Waals surface area contributed by atoms with Gasteiger partial charge in [-0.3, -0.25) is 4.99 Å². The fraction of sp³-hybridized carbons (Fsp3) is 0.300. The van der Waals surface area contributed by atoms with E-state index in [1.54, 1.807) is 6.08 Å². The third kappa shape index (κ3) is 2.48. The van der Waals surface area contributed by atoms with Gasteiger partial charge in [0.15, 0.2) is 0 Å². The quantitative estimate of drug-likeness (QED) is 0.737. The summed E-state index contributed by atoms with van der Waals surface area (Å²) in [6.07, 6.45) is 8.09. The van der Waals surface area contributed by atoms with Crippen molar-refractivity contribution >= 4 is 40.7 Å². The summed E-state index contributed by atoms with van der Waals surface area (Å²) in [5, 5.41) is 2.63. The van der Waals surface area contributed by atoms with Gasteiger partial charge in [-0.15, -0.1) is 11.6 Å². The molecule has 2 nitrogen and oxygen atoms in total. The van der Waals surface area contributed by atoms with Gasteiger partial charge in [0, 0.05) is 5.03 Å². The molecule has 1 aliphatic carbocycles. The van der Waals surface area contributed by atoms with Crippen LogP contribution in [-0.2, 0) is 0 Å². The summed E-state index contributed by atoms with van der Waals surface area (Å²) in [5.41, 5.74) is 6.26. The van der Waals surface area contributed by atoms with E-state index in [-0.39, 0.29) is 5.50 Å². The fourth-order valence-electron chi connectivity index (χ4n) is 1.42. The molecule has 2 rings (SSSR count). The molecule has 80 valence electrons. The van der Waals surface area contributed by atoms with Crippen molar-refractivity contribution in [3.8, 4) is 0 Å². The second-order valence-electron chi connectivity index (χ2n) is 3.33. The minimum absolute atomic E-state index is 0.254. The van der Waals surface area contributed by atoms with Crippen LogP contribution < -0.4 is 5.73 Å². The van der Waals surface area contributed by atoms with Gasteiger partial charge >= 0.3 is 0 Å². The van der Waals surface area contributed by atoms with E-state index >= 15 is 0 Å². The highest BCUT2D eigenvalue weighted by atomic mass is 35.5. The predicted octanol–water partition coefficient (Wildman–Crippen LogP) is 2.99. The number of halogens is 2. The van der Waals surface area contributed by atoms with Gasteiger partial charge in [-0.25, -0.2) is 0 Å². The molecule has 0 fully saturated rings. The molecule has 0 aromatic rings. The van der Waals surface area contributed by atoms with Crippen LogP contribution in [0.4, 0.5) is 0 Å². The molecular weight excluding hydrogens is 251 g/mol. The Labute approximate surface area is 103 Å². The maximum Gasteiger partial charge on any atom is 0.148 e. The van der Waals surface area contributed by atoms with Gasteiger partial charge in [0.2, 0.25) is 0 Å². The van der Waals surface area contributed by atoms with E-state index in [4.69, 9.17) is 28.9 Å². The standard InChI is InChI=1S/C10H10Cl2N2S/c11-7-1-4-10(12,5-2-7)8-3-6-15-9(13)14-8/h1-4,6,9H,5,13H2. The summed E-state index contributed by atoms with van der Waals surface area (Å²) >= 11 is 13.8. The van der Waals surface area contributed by atoms with Gasteiger partial charge in [0.05, 0.1) is 5.71 Å². The topological polar surface area (TPSA) is 38.4 Å². The van der Waals surface area contributed by atoms with Crippen molar-refractivity contribution in [2.45, 2.75) is 16.8 Å². The first-order valence-electron chi connectivity index (χ1n) is 4.50. The first-order chi connectivity index (χ1) is 7.10. The zero-order valence-corrected chi connectivity index (χ0v) is 10.2. The van der Waals surface area contributed by atoms with Gasteiger partial charge in [-0.05, 0) is 24.0 Å². The SMILES string of the molecule is NC1N=C(C2(Cl)C=CC(Cl)=CC2)C=CS1. The van der Waals surface area contributed by atoms with Crippen molar-refractivity contribution in [1.82, 2.24) is 0 Å². The Hall–Kier alpha value is -0.220. The van der Waals surface area contributed by atoms with E-state index in [9.17, 15) is 0 Å². The van der Waals surface area contributed by atoms with Crippen molar-refractivity contribution in [3.05, 3.63) is 34.7 Å². The highest BCUT2D eigenvalue weighted by Gasteiger charge is 2.31. The third-order valence-electron chi connectivity index (χ3n) is 2.24. The van der Waals surface area contributed by atoms with Crippen molar-refractivity contribution in [3.63, 3.8) is 0 Å². The average Bonchev–Trinajstić information content (AvgIpc) is 2.23. The second-order valence-corrected chi connectivity index (χ2v) is 5.47.